The van der Waals surface area contributed by atoms with Crippen molar-refractivity contribution in [2.75, 3.05) is 7.05 Å². The Morgan fingerprint density at radius 1 is 1.05 bits per heavy atom. The minimum absolute atomic E-state index is 0.0536. The third-order valence-corrected chi connectivity index (χ3v) is 3.22. The van der Waals surface area contributed by atoms with E-state index in [2.05, 4.69) is 49.5 Å². The van der Waals surface area contributed by atoms with Crippen molar-refractivity contribution in [2.24, 2.45) is 0 Å². The highest BCUT2D eigenvalue weighted by molar-refractivity contribution is 5.41. The lowest BCUT2D eigenvalue weighted by atomic mass is 10.1. The van der Waals surface area contributed by atoms with Gasteiger partial charge in [-0.1, -0.05) is 48.5 Å². The van der Waals surface area contributed by atoms with Gasteiger partial charge in [-0.25, -0.2) is 0 Å². The van der Waals surface area contributed by atoms with E-state index in [0.717, 1.165) is 12.3 Å². The molecule has 2 aromatic carbocycles. The quantitative estimate of drug-likeness (QED) is 0.876. The minimum atomic E-state index is 0.0536. The van der Waals surface area contributed by atoms with Crippen LogP contribution in [0.2, 0.25) is 0 Å². The Hall–Kier alpha value is -1.80. The van der Waals surface area contributed by atoms with Crippen molar-refractivity contribution >= 4 is 0 Å². The molecule has 0 bridgehead atoms. The van der Waals surface area contributed by atoms with Crippen LogP contribution in [0.5, 0.6) is 5.75 Å². The van der Waals surface area contributed by atoms with E-state index in [-0.39, 0.29) is 6.10 Å². The first kappa shape index (κ1) is 13.6. The van der Waals surface area contributed by atoms with Crippen molar-refractivity contribution in [1.82, 2.24) is 5.32 Å². The van der Waals surface area contributed by atoms with Crippen molar-refractivity contribution in [3.8, 4) is 5.75 Å². The van der Waals surface area contributed by atoms with Gasteiger partial charge in [0, 0.05) is 12.1 Å². The molecule has 0 saturated heterocycles. The maximum Gasteiger partial charge on any atom is 0.127 e. The Kier molecular flexibility index (Phi) is 4.58. The van der Waals surface area contributed by atoms with Crippen LogP contribution in [-0.4, -0.2) is 7.05 Å². The van der Waals surface area contributed by atoms with Crippen molar-refractivity contribution in [2.45, 2.75) is 26.5 Å². The maximum absolute atomic E-state index is 6.17. The lowest BCUT2D eigenvalue weighted by Crippen LogP contribution is -2.10. The molecule has 19 heavy (non-hydrogen) atoms. The molecule has 0 aliphatic heterocycles. The number of hydrogen-bond acceptors (Lipinski definition) is 2. The van der Waals surface area contributed by atoms with Crippen LogP contribution in [0.15, 0.2) is 48.5 Å². The van der Waals surface area contributed by atoms with Gasteiger partial charge in [-0.3, -0.25) is 0 Å². The molecule has 2 heteroatoms. The Labute approximate surface area is 115 Å². The van der Waals surface area contributed by atoms with Crippen molar-refractivity contribution in [1.29, 1.82) is 0 Å². The molecule has 1 unspecified atom stereocenters. The van der Waals surface area contributed by atoms with E-state index in [1.54, 1.807) is 0 Å². The van der Waals surface area contributed by atoms with E-state index in [4.69, 9.17) is 4.74 Å². The van der Waals surface area contributed by atoms with Crippen LogP contribution in [0.1, 0.15) is 29.7 Å². The smallest absolute Gasteiger partial charge is 0.127 e. The zero-order valence-electron chi connectivity index (χ0n) is 11.8. The number of hydrogen-bond donors (Lipinski definition) is 1. The molecule has 2 rings (SSSR count). The molecule has 1 N–H and O–H groups in total. The SMILES string of the molecule is CNCc1cccc(C)c1OC(C)c1ccccc1. The van der Waals surface area contributed by atoms with Crippen LogP contribution in [-0.2, 0) is 6.54 Å². The van der Waals surface area contributed by atoms with Gasteiger partial charge in [-0.15, -0.1) is 0 Å². The molecule has 100 valence electrons. The molecule has 0 aliphatic carbocycles. The molecule has 2 aromatic rings. The highest BCUT2D eigenvalue weighted by Gasteiger charge is 2.11. The topological polar surface area (TPSA) is 21.3 Å². The summed E-state index contributed by atoms with van der Waals surface area (Å²) in [6, 6.07) is 16.6. The van der Waals surface area contributed by atoms with Crippen LogP contribution in [0.25, 0.3) is 0 Å². The van der Waals surface area contributed by atoms with Crippen LogP contribution >= 0.6 is 0 Å². The van der Waals surface area contributed by atoms with Gasteiger partial charge in [-0.2, -0.15) is 0 Å². The third-order valence-electron chi connectivity index (χ3n) is 3.22. The van der Waals surface area contributed by atoms with E-state index >= 15 is 0 Å². The molecule has 0 aromatic heterocycles. The number of ether oxygens (including phenoxy) is 1. The first-order valence-electron chi connectivity index (χ1n) is 6.67. The second-order valence-electron chi connectivity index (χ2n) is 4.76. The molecule has 0 amide bonds. The van der Waals surface area contributed by atoms with Gasteiger partial charge in [0.2, 0.25) is 0 Å². The van der Waals surface area contributed by atoms with Gasteiger partial charge in [0.05, 0.1) is 0 Å². The summed E-state index contributed by atoms with van der Waals surface area (Å²) < 4.78 is 6.17. The number of para-hydroxylation sites is 1. The molecule has 0 fully saturated rings. The van der Waals surface area contributed by atoms with E-state index < -0.39 is 0 Å². The lowest BCUT2D eigenvalue weighted by Gasteiger charge is -2.19. The second kappa shape index (κ2) is 6.39. The van der Waals surface area contributed by atoms with Crippen LogP contribution in [0.4, 0.5) is 0 Å². The number of rotatable bonds is 5. The van der Waals surface area contributed by atoms with Gasteiger partial charge in [0.1, 0.15) is 11.9 Å². The average Bonchev–Trinajstić information content (AvgIpc) is 2.44. The lowest BCUT2D eigenvalue weighted by molar-refractivity contribution is 0.222. The van der Waals surface area contributed by atoms with Crippen molar-refractivity contribution < 1.29 is 4.74 Å². The predicted molar refractivity (Wildman–Crippen MR) is 79.4 cm³/mol. The van der Waals surface area contributed by atoms with Gasteiger partial charge < -0.3 is 10.1 Å². The molecule has 2 nitrogen and oxygen atoms in total. The fourth-order valence-corrected chi connectivity index (χ4v) is 2.18. The fourth-order valence-electron chi connectivity index (χ4n) is 2.18. The summed E-state index contributed by atoms with van der Waals surface area (Å²) in [4.78, 5) is 0. The van der Waals surface area contributed by atoms with Gasteiger partial charge in [0.15, 0.2) is 0 Å². The normalized spacial score (nSPS) is 12.2. The van der Waals surface area contributed by atoms with Crippen LogP contribution in [0.3, 0.4) is 0 Å². The molecule has 0 radical (unpaired) electrons. The first-order valence-corrected chi connectivity index (χ1v) is 6.67. The molecule has 0 saturated carbocycles. The Balaban J connectivity index is 2.23. The summed E-state index contributed by atoms with van der Waals surface area (Å²) >= 11 is 0. The van der Waals surface area contributed by atoms with Crippen molar-refractivity contribution in [3.05, 3.63) is 65.2 Å². The van der Waals surface area contributed by atoms with E-state index in [0.29, 0.717) is 0 Å². The fraction of sp³-hybridized carbons (Fsp3) is 0.294. The second-order valence-corrected chi connectivity index (χ2v) is 4.76. The summed E-state index contributed by atoms with van der Waals surface area (Å²) in [5.41, 5.74) is 3.57. The molecule has 0 aliphatic rings. The summed E-state index contributed by atoms with van der Waals surface area (Å²) in [6.45, 7) is 5.00. The Morgan fingerprint density at radius 2 is 1.79 bits per heavy atom. The van der Waals surface area contributed by atoms with Crippen LogP contribution in [0, 0.1) is 6.92 Å². The highest BCUT2D eigenvalue weighted by atomic mass is 16.5. The summed E-state index contributed by atoms with van der Waals surface area (Å²) in [5.74, 6) is 0.994. The van der Waals surface area contributed by atoms with Crippen molar-refractivity contribution in [3.63, 3.8) is 0 Å². The summed E-state index contributed by atoms with van der Waals surface area (Å²) in [5, 5.41) is 3.18. The molecule has 1 atom stereocenters. The average molecular weight is 255 g/mol. The predicted octanol–water partition coefficient (Wildman–Crippen LogP) is 3.85. The van der Waals surface area contributed by atoms with E-state index in [9.17, 15) is 0 Å². The Morgan fingerprint density at radius 3 is 2.47 bits per heavy atom. The number of benzene rings is 2. The van der Waals surface area contributed by atoms with Crippen LogP contribution < -0.4 is 10.1 Å². The number of aryl methyl sites for hydroxylation is 1. The zero-order valence-corrected chi connectivity index (χ0v) is 11.8. The molecular formula is C17H21NO. The van der Waals surface area contributed by atoms with Gasteiger partial charge in [0.25, 0.3) is 0 Å². The first-order chi connectivity index (χ1) is 9.22. The van der Waals surface area contributed by atoms with Gasteiger partial charge in [-0.05, 0) is 32.0 Å². The summed E-state index contributed by atoms with van der Waals surface area (Å²) in [6.07, 6.45) is 0.0536. The number of nitrogens with one attached hydrogen (secondary N) is 1. The summed E-state index contributed by atoms with van der Waals surface area (Å²) in [7, 11) is 1.95. The Bertz CT molecular complexity index is 522. The van der Waals surface area contributed by atoms with E-state index in [1.165, 1.54) is 16.7 Å². The largest absolute Gasteiger partial charge is 0.485 e. The zero-order chi connectivity index (χ0) is 13.7. The standard InChI is InChI=1S/C17H21NO/c1-13-8-7-11-16(12-18-3)17(13)19-14(2)15-9-5-4-6-10-15/h4-11,14,18H,12H2,1-3H3. The molecule has 0 spiro atoms. The minimum Gasteiger partial charge on any atom is -0.485 e. The third kappa shape index (κ3) is 3.36. The monoisotopic (exact) mass is 255 g/mol. The van der Waals surface area contributed by atoms with E-state index in [1.807, 2.05) is 25.2 Å². The highest BCUT2D eigenvalue weighted by Crippen LogP contribution is 2.28. The molecule has 0 heterocycles. The molecular weight excluding hydrogens is 234 g/mol. The maximum atomic E-state index is 6.17. The van der Waals surface area contributed by atoms with Gasteiger partial charge >= 0.3 is 0 Å².